The van der Waals surface area contributed by atoms with E-state index in [0.717, 1.165) is 31.6 Å². The van der Waals surface area contributed by atoms with Crippen LogP contribution < -0.4 is 5.73 Å². The van der Waals surface area contributed by atoms with E-state index in [1.807, 2.05) is 18.5 Å². The molecular weight excluding hydrogens is 258 g/mol. The first-order valence-electron chi connectivity index (χ1n) is 7.49. The standard InChI is InChI=1S/C18H21N3/c1-14-6-4-9-16-12-17(19)21(18(14)16)11-3-2-7-15-8-5-10-20-13-15/h4-6,8-10,12-13H,2-3,7,11,19H2,1H3. The molecule has 108 valence electrons. The third kappa shape index (κ3) is 2.92. The lowest BCUT2D eigenvalue weighted by molar-refractivity contribution is 0.628. The molecule has 3 heteroatoms. The fraction of sp³-hybridized carbons (Fsp3) is 0.278. The van der Waals surface area contributed by atoms with E-state index in [0.29, 0.717) is 0 Å². The van der Waals surface area contributed by atoms with E-state index in [9.17, 15) is 0 Å². The molecule has 3 rings (SSSR count). The molecule has 0 aliphatic heterocycles. The Hall–Kier alpha value is -2.29. The second-order valence-electron chi connectivity index (χ2n) is 5.55. The summed E-state index contributed by atoms with van der Waals surface area (Å²) in [5.74, 6) is 0.862. The van der Waals surface area contributed by atoms with Gasteiger partial charge in [-0.25, -0.2) is 0 Å². The highest BCUT2D eigenvalue weighted by Gasteiger charge is 2.07. The summed E-state index contributed by atoms with van der Waals surface area (Å²) in [7, 11) is 0. The molecule has 0 saturated carbocycles. The Morgan fingerprint density at radius 1 is 1.14 bits per heavy atom. The Bertz CT molecular complexity index is 729. The van der Waals surface area contributed by atoms with Crippen LogP contribution in [-0.4, -0.2) is 9.55 Å². The lowest BCUT2D eigenvalue weighted by atomic mass is 10.1. The Labute approximate surface area is 125 Å². The zero-order valence-corrected chi connectivity index (χ0v) is 12.4. The summed E-state index contributed by atoms with van der Waals surface area (Å²) in [6.45, 7) is 3.12. The number of anilines is 1. The van der Waals surface area contributed by atoms with Crippen LogP contribution in [0.5, 0.6) is 0 Å². The Morgan fingerprint density at radius 2 is 2.05 bits per heavy atom. The van der Waals surface area contributed by atoms with Crippen molar-refractivity contribution in [2.45, 2.75) is 32.7 Å². The predicted molar refractivity (Wildman–Crippen MR) is 88.3 cm³/mol. The number of nitrogen functional groups attached to an aromatic ring is 1. The third-order valence-corrected chi connectivity index (χ3v) is 3.97. The van der Waals surface area contributed by atoms with Crippen LogP contribution in [0.15, 0.2) is 48.8 Å². The van der Waals surface area contributed by atoms with Crippen LogP contribution in [0.4, 0.5) is 5.82 Å². The number of para-hydroxylation sites is 1. The molecular formula is C18H21N3. The fourth-order valence-electron chi connectivity index (χ4n) is 2.92. The third-order valence-electron chi connectivity index (χ3n) is 3.97. The molecule has 0 fully saturated rings. The topological polar surface area (TPSA) is 43.8 Å². The van der Waals surface area contributed by atoms with E-state index >= 15 is 0 Å². The largest absolute Gasteiger partial charge is 0.385 e. The van der Waals surface area contributed by atoms with Crippen molar-refractivity contribution in [3.05, 3.63) is 59.9 Å². The van der Waals surface area contributed by atoms with Crippen LogP contribution in [-0.2, 0) is 13.0 Å². The molecule has 2 aromatic heterocycles. The van der Waals surface area contributed by atoms with Gasteiger partial charge in [-0.05, 0) is 49.4 Å². The molecule has 2 N–H and O–H groups in total. The number of benzene rings is 1. The zero-order valence-electron chi connectivity index (χ0n) is 12.4. The number of aryl methyl sites for hydroxylation is 3. The molecule has 0 radical (unpaired) electrons. The summed E-state index contributed by atoms with van der Waals surface area (Å²) in [5.41, 5.74) is 10.0. The van der Waals surface area contributed by atoms with Crippen molar-refractivity contribution >= 4 is 16.7 Å². The van der Waals surface area contributed by atoms with Crippen molar-refractivity contribution in [3.8, 4) is 0 Å². The molecule has 21 heavy (non-hydrogen) atoms. The van der Waals surface area contributed by atoms with Crippen LogP contribution >= 0.6 is 0 Å². The Balaban J connectivity index is 1.67. The number of unbranched alkanes of at least 4 members (excludes halogenated alkanes) is 1. The average molecular weight is 279 g/mol. The van der Waals surface area contributed by atoms with E-state index in [1.54, 1.807) is 0 Å². The van der Waals surface area contributed by atoms with Crippen molar-refractivity contribution < 1.29 is 0 Å². The van der Waals surface area contributed by atoms with Gasteiger partial charge in [0.05, 0.1) is 5.52 Å². The lowest BCUT2D eigenvalue weighted by Gasteiger charge is -2.09. The molecule has 0 spiro atoms. The summed E-state index contributed by atoms with van der Waals surface area (Å²) in [5, 5.41) is 1.24. The SMILES string of the molecule is Cc1cccc2cc(N)n(CCCCc3cccnc3)c12. The quantitative estimate of drug-likeness (QED) is 0.719. The van der Waals surface area contributed by atoms with Crippen LogP contribution in [0.25, 0.3) is 10.9 Å². The number of pyridine rings is 1. The van der Waals surface area contributed by atoms with Gasteiger partial charge in [0.2, 0.25) is 0 Å². The first-order valence-corrected chi connectivity index (χ1v) is 7.49. The van der Waals surface area contributed by atoms with E-state index in [2.05, 4.69) is 46.8 Å². The van der Waals surface area contributed by atoms with E-state index in [-0.39, 0.29) is 0 Å². The molecule has 0 aliphatic carbocycles. The van der Waals surface area contributed by atoms with Crippen molar-refractivity contribution in [1.29, 1.82) is 0 Å². The zero-order chi connectivity index (χ0) is 14.7. The minimum Gasteiger partial charge on any atom is -0.385 e. The van der Waals surface area contributed by atoms with Gasteiger partial charge < -0.3 is 10.3 Å². The number of nitrogens with zero attached hydrogens (tertiary/aromatic N) is 2. The molecule has 0 aliphatic rings. The number of rotatable bonds is 5. The average Bonchev–Trinajstić information content (AvgIpc) is 2.82. The fourth-order valence-corrected chi connectivity index (χ4v) is 2.92. The van der Waals surface area contributed by atoms with Crippen LogP contribution in [0.3, 0.4) is 0 Å². The first kappa shape index (κ1) is 13.7. The molecule has 3 nitrogen and oxygen atoms in total. The van der Waals surface area contributed by atoms with E-state index < -0.39 is 0 Å². The van der Waals surface area contributed by atoms with Crippen molar-refractivity contribution in [1.82, 2.24) is 9.55 Å². The summed E-state index contributed by atoms with van der Waals surface area (Å²) in [4.78, 5) is 4.15. The number of fused-ring (bicyclic) bond motifs is 1. The Kier molecular flexibility index (Phi) is 3.91. The summed E-state index contributed by atoms with van der Waals surface area (Å²) in [6.07, 6.45) is 7.11. The number of nitrogens with two attached hydrogens (primary N) is 1. The Morgan fingerprint density at radius 3 is 2.86 bits per heavy atom. The van der Waals surface area contributed by atoms with Gasteiger partial charge in [-0.15, -0.1) is 0 Å². The van der Waals surface area contributed by atoms with Gasteiger partial charge in [-0.3, -0.25) is 4.98 Å². The van der Waals surface area contributed by atoms with Gasteiger partial charge in [0.25, 0.3) is 0 Å². The van der Waals surface area contributed by atoms with Crippen LogP contribution in [0, 0.1) is 6.92 Å². The van der Waals surface area contributed by atoms with Gasteiger partial charge in [0, 0.05) is 24.3 Å². The summed E-state index contributed by atoms with van der Waals surface area (Å²) >= 11 is 0. The second kappa shape index (κ2) is 6.00. The van der Waals surface area contributed by atoms with Gasteiger partial charge in [0.15, 0.2) is 0 Å². The highest BCUT2D eigenvalue weighted by molar-refractivity contribution is 5.87. The van der Waals surface area contributed by atoms with Crippen molar-refractivity contribution in [3.63, 3.8) is 0 Å². The van der Waals surface area contributed by atoms with Crippen molar-refractivity contribution in [2.75, 3.05) is 5.73 Å². The molecule has 0 atom stereocenters. The van der Waals surface area contributed by atoms with Gasteiger partial charge >= 0.3 is 0 Å². The minimum atomic E-state index is 0.862. The maximum absolute atomic E-state index is 6.17. The maximum Gasteiger partial charge on any atom is 0.104 e. The molecule has 2 heterocycles. The molecule has 0 unspecified atom stereocenters. The smallest absolute Gasteiger partial charge is 0.104 e. The molecule has 3 aromatic rings. The van der Waals surface area contributed by atoms with Gasteiger partial charge in [-0.2, -0.15) is 0 Å². The summed E-state index contributed by atoms with van der Waals surface area (Å²) in [6, 6.07) is 12.6. The molecule has 1 aromatic carbocycles. The first-order chi connectivity index (χ1) is 10.3. The maximum atomic E-state index is 6.17. The highest BCUT2D eigenvalue weighted by Crippen LogP contribution is 2.25. The number of aromatic nitrogens is 2. The molecule has 0 saturated heterocycles. The molecule has 0 amide bonds. The highest BCUT2D eigenvalue weighted by atomic mass is 15.0. The lowest BCUT2D eigenvalue weighted by Crippen LogP contribution is -2.04. The van der Waals surface area contributed by atoms with Crippen LogP contribution in [0.2, 0.25) is 0 Å². The summed E-state index contributed by atoms with van der Waals surface area (Å²) < 4.78 is 2.24. The van der Waals surface area contributed by atoms with Crippen LogP contribution in [0.1, 0.15) is 24.0 Å². The molecule has 0 bridgehead atoms. The predicted octanol–water partition coefficient (Wildman–Crippen LogP) is 3.95. The van der Waals surface area contributed by atoms with E-state index in [4.69, 9.17) is 5.73 Å². The van der Waals surface area contributed by atoms with Gasteiger partial charge in [-0.1, -0.05) is 24.3 Å². The van der Waals surface area contributed by atoms with E-state index in [1.165, 1.54) is 22.0 Å². The van der Waals surface area contributed by atoms with Gasteiger partial charge in [0.1, 0.15) is 5.82 Å². The number of hydrogen-bond donors (Lipinski definition) is 1. The second-order valence-corrected chi connectivity index (χ2v) is 5.55. The normalized spacial score (nSPS) is 11.1. The number of hydrogen-bond acceptors (Lipinski definition) is 2. The monoisotopic (exact) mass is 279 g/mol. The van der Waals surface area contributed by atoms with Crippen molar-refractivity contribution in [2.24, 2.45) is 0 Å². The minimum absolute atomic E-state index is 0.862.